The fourth-order valence-corrected chi connectivity index (χ4v) is 3.84. The lowest BCUT2D eigenvalue weighted by Gasteiger charge is -2.35. The summed E-state index contributed by atoms with van der Waals surface area (Å²) in [6.07, 6.45) is 0.337. The average molecular weight is 392 g/mol. The summed E-state index contributed by atoms with van der Waals surface area (Å²) >= 11 is 0. The highest BCUT2D eigenvalue weighted by Gasteiger charge is 2.23. The zero-order valence-electron chi connectivity index (χ0n) is 16.3. The Hall–Kier alpha value is -2.76. The van der Waals surface area contributed by atoms with Crippen molar-refractivity contribution in [3.63, 3.8) is 0 Å². The van der Waals surface area contributed by atoms with Gasteiger partial charge in [-0.25, -0.2) is 4.39 Å². The molecule has 1 aliphatic rings. The van der Waals surface area contributed by atoms with Gasteiger partial charge >= 0.3 is 0 Å². The van der Waals surface area contributed by atoms with E-state index in [9.17, 15) is 9.18 Å². The molecule has 0 aliphatic carbocycles. The third-order valence-corrected chi connectivity index (χ3v) is 5.41. The molecule has 1 amide bonds. The third-order valence-electron chi connectivity index (χ3n) is 5.41. The first-order chi connectivity index (χ1) is 14.2. The largest absolute Gasteiger partial charge is 0.379 e. The normalized spacial score (nSPS) is 15.9. The molecule has 4 nitrogen and oxygen atoms in total. The van der Waals surface area contributed by atoms with E-state index in [1.807, 2.05) is 24.3 Å². The van der Waals surface area contributed by atoms with Crippen molar-refractivity contribution in [3.05, 3.63) is 83.7 Å². The highest BCUT2D eigenvalue weighted by molar-refractivity contribution is 5.85. The number of amides is 1. The minimum Gasteiger partial charge on any atom is -0.379 e. The molecular formula is C24H25FN2O2. The second-order valence-corrected chi connectivity index (χ2v) is 7.38. The fraction of sp³-hybridized carbons (Fsp3) is 0.292. The predicted octanol–water partition coefficient (Wildman–Crippen LogP) is 3.71. The summed E-state index contributed by atoms with van der Waals surface area (Å²) in [5.74, 6) is -0.268. The predicted molar refractivity (Wildman–Crippen MR) is 112 cm³/mol. The number of ether oxygens (including phenoxy) is 1. The minimum atomic E-state index is -0.255. The molecule has 0 aromatic heterocycles. The Kier molecular flexibility index (Phi) is 6.17. The van der Waals surface area contributed by atoms with E-state index in [2.05, 4.69) is 28.4 Å². The summed E-state index contributed by atoms with van der Waals surface area (Å²) < 4.78 is 18.8. The molecule has 0 radical (unpaired) electrons. The maximum Gasteiger partial charge on any atom is 0.224 e. The summed E-state index contributed by atoms with van der Waals surface area (Å²) in [6, 6.07) is 20.8. The van der Waals surface area contributed by atoms with Crippen LogP contribution in [0.15, 0.2) is 66.7 Å². The number of hydrogen-bond donors (Lipinski definition) is 1. The van der Waals surface area contributed by atoms with Crippen LogP contribution >= 0.6 is 0 Å². The Morgan fingerprint density at radius 1 is 1.00 bits per heavy atom. The standard InChI is InChI=1S/C24H25FN2O2/c25-22-9-7-20(8-10-22)23(27-11-13-29-14-12-27)17-26-24(28)16-18-5-6-19-3-1-2-4-21(19)15-18/h1-10,15,23H,11-14,16-17H2,(H,26,28). The molecule has 1 aliphatic heterocycles. The van der Waals surface area contributed by atoms with Crippen molar-refractivity contribution in [1.82, 2.24) is 10.2 Å². The van der Waals surface area contributed by atoms with Gasteiger partial charge in [-0.15, -0.1) is 0 Å². The first-order valence-electron chi connectivity index (χ1n) is 10.0. The molecule has 1 saturated heterocycles. The molecule has 29 heavy (non-hydrogen) atoms. The van der Waals surface area contributed by atoms with E-state index in [0.29, 0.717) is 26.2 Å². The average Bonchev–Trinajstić information content (AvgIpc) is 2.76. The number of fused-ring (bicyclic) bond motifs is 1. The lowest BCUT2D eigenvalue weighted by molar-refractivity contribution is -0.120. The van der Waals surface area contributed by atoms with Crippen molar-refractivity contribution < 1.29 is 13.9 Å². The van der Waals surface area contributed by atoms with E-state index < -0.39 is 0 Å². The van der Waals surface area contributed by atoms with Crippen LogP contribution < -0.4 is 5.32 Å². The molecule has 5 heteroatoms. The van der Waals surface area contributed by atoms with Gasteiger partial charge < -0.3 is 10.1 Å². The van der Waals surface area contributed by atoms with Crippen LogP contribution in [-0.2, 0) is 16.0 Å². The smallest absolute Gasteiger partial charge is 0.224 e. The summed E-state index contributed by atoms with van der Waals surface area (Å²) in [4.78, 5) is 14.9. The van der Waals surface area contributed by atoms with Gasteiger partial charge in [0, 0.05) is 19.6 Å². The monoisotopic (exact) mass is 392 g/mol. The van der Waals surface area contributed by atoms with Gasteiger partial charge in [-0.05, 0) is 34.0 Å². The Balaban J connectivity index is 1.42. The van der Waals surface area contributed by atoms with Crippen LogP contribution in [0.1, 0.15) is 17.2 Å². The molecule has 1 unspecified atom stereocenters. The Labute approximate surface area is 170 Å². The van der Waals surface area contributed by atoms with Gasteiger partial charge in [-0.3, -0.25) is 9.69 Å². The molecule has 1 atom stereocenters. The van der Waals surface area contributed by atoms with Crippen molar-refractivity contribution in [1.29, 1.82) is 0 Å². The minimum absolute atomic E-state index is 0.0000495. The molecule has 0 bridgehead atoms. The van der Waals surface area contributed by atoms with E-state index in [0.717, 1.165) is 29.6 Å². The molecule has 1 heterocycles. The van der Waals surface area contributed by atoms with Gasteiger partial charge in [0.05, 0.1) is 25.7 Å². The van der Waals surface area contributed by atoms with Crippen LogP contribution in [0.2, 0.25) is 0 Å². The molecule has 0 saturated carbocycles. The van der Waals surface area contributed by atoms with Crippen molar-refractivity contribution in [2.75, 3.05) is 32.8 Å². The molecule has 3 aromatic carbocycles. The second kappa shape index (κ2) is 9.16. The molecule has 4 rings (SSSR count). The fourth-order valence-electron chi connectivity index (χ4n) is 3.84. The van der Waals surface area contributed by atoms with Crippen LogP contribution in [0, 0.1) is 5.82 Å². The number of carbonyl (C=O) groups is 1. The summed E-state index contributed by atoms with van der Waals surface area (Å²) in [7, 11) is 0. The second-order valence-electron chi connectivity index (χ2n) is 7.38. The summed E-state index contributed by atoms with van der Waals surface area (Å²) in [5, 5.41) is 5.38. The van der Waals surface area contributed by atoms with Crippen molar-refractivity contribution >= 4 is 16.7 Å². The van der Waals surface area contributed by atoms with Gasteiger partial charge in [0.1, 0.15) is 5.82 Å². The molecule has 3 aromatic rings. The zero-order chi connectivity index (χ0) is 20.1. The number of nitrogens with one attached hydrogen (secondary N) is 1. The number of hydrogen-bond acceptors (Lipinski definition) is 3. The van der Waals surface area contributed by atoms with Crippen LogP contribution in [0.4, 0.5) is 4.39 Å². The van der Waals surface area contributed by atoms with Gasteiger partial charge in [0.15, 0.2) is 0 Å². The lowest BCUT2D eigenvalue weighted by Crippen LogP contribution is -2.44. The summed E-state index contributed by atoms with van der Waals surface area (Å²) in [5.41, 5.74) is 1.99. The Bertz CT molecular complexity index is 968. The maximum atomic E-state index is 13.4. The highest BCUT2D eigenvalue weighted by atomic mass is 19.1. The van der Waals surface area contributed by atoms with E-state index in [-0.39, 0.29) is 17.8 Å². The zero-order valence-corrected chi connectivity index (χ0v) is 16.3. The number of nitrogens with zero attached hydrogens (tertiary/aromatic N) is 1. The SMILES string of the molecule is O=C(Cc1ccc2ccccc2c1)NCC(c1ccc(F)cc1)N1CCOCC1. The maximum absolute atomic E-state index is 13.4. The molecule has 1 fully saturated rings. The molecule has 0 spiro atoms. The quantitative estimate of drug-likeness (QED) is 0.695. The number of halogens is 1. The lowest BCUT2D eigenvalue weighted by atomic mass is 10.0. The Morgan fingerprint density at radius 3 is 2.48 bits per heavy atom. The highest BCUT2D eigenvalue weighted by Crippen LogP contribution is 2.22. The molecular weight excluding hydrogens is 367 g/mol. The van der Waals surface area contributed by atoms with Crippen LogP contribution in [-0.4, -0.2) is 43.7 Å². The topological polar surface area (TPSA) is 41.6 Å². The van der Waals surface area contributed by atoms with Crippen LogP contribution in [0.3, 0.4) is 0 Å². The van der Waals surface area contributed by atoms with Gasteiger partial charge in [0.25, 0.3) is 0 Å². The third kappa shape index (κ3) is 5.00. The van der Waals surface area contributed by atoms with Crippen molar-refractivity contribution in [2.45, 2.75) is 12.5 Å². The van der Waals surface area contributed by atoms with Gasteiger partial charge in [-0.2, -0.15) is 0 Å². The summed E-state index contributed by atoms with van der Waals surface area (Å²) in [6.45, 7) is 3.41. The number of rotatable bonds is 6. The van der Waals surface area contributed by atoms with E-state index in [4.69, 9.17) is 4.74 Å². The first kappa shape index (κ1) is 19.6. The molecule has 1 N–H and O–H groups in total. The van der Waals surface area contributed by atoms with E-state index >= 15 is 0 Å². The van der Waals surface area contributed by atoms with Crippen LogP contribution in [0.25, 0.3) is 10.8 Å². The Morgan fingerprint density at radius 2 is 1.72 bits per heavy atom. The van der Waals surface area contributed by atoms with Crippen molar-refractivity contribution in [2.24, 2.45) is 0 Å². The van der Waals surface area contributed by atoms with E-state index in [1.54, 1.807) is 12.1 Å². The van der Waals surface area contributed by atoms with E-state index in [1.165, 1.54) is 17.5 Å². The number of morpholine rings is 1. The number of carbonyl (C=O) groups excluding carboxylic acids is 1. The van der Waals surface area contributed by atoms with Gasteiger partial charge in [-0.1, -0.05) is 54.6 Å². The van der Waals surface area contributed by atoms with Crippen LogP contribution in [0.5, 0.6) is 0 Å². The van der Waals surface area contributed by atoms with Gasteiger partial charge in [0.2, 0.25) is 5.91 Å². The molecule has 150 valence electrons. The number of benzene rings is 3. The first-order valence-corrected chi connectivity index (χ1v) is 10.0. The van der Waals surface area contributed by atoms with Crippen molar-refractivity contribution in [3.8, 4) is 0 Å².